The van der Waals surface area contributed by atoms with Crippen molar-refractivity contribution in [2.24, 2.45) is 0 Å². The van der Waals surface area contributed by atoms with Crippen LogP contribution in [0.3, 0.4) is 0 Å². The van der Waals surface area contributed by atoms with Crippen molar-refractivity contribution in [1.82, 2.24) is 0 Å². The van der Waals surface area contributed by atoms with Gasteiger partial charge in [-0.25, -0.2) is 9.13 Å². The summed E-state index contributed by atoms with van der Waals surface area (Å²) in [7, 11) is -9.81. The van der Waals surface area contributed by atoms with Gasteiger partial charge in [0, 0.05) is 19.3 Å². The maximum atomic E-state index is 12.9. The van der Waals surface area contributed by atoms with Crippen LogP contribution in [-0.2, 0) is 55.8 Å². The maximum Gasteiger partial charge on any atom is 0.472 e. The van der Waals surface area contributed by atoms with E-state index in [1.807, 2.05) is 12.2 Å². The summed E-state index contributed by atoms with van der Waals surface area (Å²) in [6, 6.07) is 0. The second-order valence-corrected chi connectivity index (χ2v) is 27.6. The summed E-state index contributed by atoms with van der Waals surface area (Å²) in [6.07, 6.45) is 90.3. The predicted octanol–water partition coefficient (Wildman–Crippen LogP) is 21.9. The highest BCUT2D eigenvalue weighted by atomic mass is 31.2. The molecule has 0 aliphatic rings. The van der Waals surface area contributed by atoms with Crippen molar-refractivity contribution in [3.8, 4) is 0 Å². The number of phosphoric ester groups is 2. The number of ether oxygens (including phenoxy) is 3. The first-order valence-corrected chi connectivity index (χ1v) is 40.8. The van der Waals surface area contributed by atoms with Gasteiger partial charge in [-0.15, -0.1) is 0 Å². The summed E-state index contributed by atoms with van der Waals surface area (Å²) in [5.41, 5.74) is 0. The lowest BCUT2D eigenvalue weighted by Crippen LogP contribution is -2.30. The summed E-state index contributed by atoms with van der Waals surface area (Å²) in [6.45, 7) is 2.23. The SMILES string of the molecule is CC/C=C\C/C=C\C/C=C\C/C=C\C/C=C\CCCCCCCCCCCCCCCCCC(=O)OCC(O)COP(=O)(O)OCC(O)COP(=O)(O)OCC(COC(=O)CCC/C=C\C/C=C\C/C=C\C/C=C\C/C=C\CC)OC(=O)CCCCCCC/C=C\C/C=C\C/C=C\CC. The lowest BCUT2D eigenvalue weighted by Gasteiger charge is -2.21. The van der Waals surface area contributed by atoms with E-state index in [9.17, 15) is 43.5 Å². The van der Waals surface area contributed by atoms with Gasteiger partial charge in [-0.1, -0.05) is 281 Å². The molecule has 16 nitrogen and oxygen atoms in total. The fraction of sp³-hybridized carbons (Fsp3) is 0.642. The second kappa shape index (κ2) is 72.9. The van der Waals surface area contributed by atoms with Crippen LogP contribution < -0.4 is 0 Å². The van der Waals surface area contributed by atoms with Crippen LogP contribution in [0.2, 0.25) is 0 Å². The predicted molar refractivity (Wildman–Crippen MR) is 408 cm³/mol. The molecular formula is C81H134O16P2. The minimum atomic E-state index is -4.95. The zero-order chi connectivity index (χ0) is 72.3. The summed E-state index contributed by atoms with van der Waals surface area (Å²) in [5.74, 6) is -1.67. The van der Waals surface area contributed by atoms with Crippen molar-refractivity contribution in [2.75, 3.05) is 39.6 Å². The molecule has 0 bridgehead atoms. The molecular weight excluding hydrogens is 1290 g/mol. The summed E-state index contributed by atoms with van der Waals surface area (Å²) < 4.78 is 60.9. The number of aliphatic hydroxyl groups is 2. The third-order valence-electron chi connectivity index (χ3n) is 15.2. The number of rotatable bonds is 70. The van der Waals surface area contributed by atoms with Crippen LogP contribution in [0.25, 0.3) is 0 Å². The lowest BCUT2D eigenvalue weighted by molar-refractivity contribution is -0.161. The van der Waals surface area contributed by atoms with Crippen LogP contribution in [0, 0.1) is 0 Å². The van der Waals surface area contributed by atoms with E-state index in [4.69, 9.17) is 32.3 Å². The number of carbonyl (C=O) groups excluding carboxylic acids is 3. The lowest BCUT2D eigenvalue weighted by atomic mass is 10.0. The molecule has 0 amide bonds. The number of esters is 3. The second-order valence-electron chi connectivity index (χ2n) is 24.7. The smallest absolute Gasteiger partial charge is 0.463 e. The molecule has 0 aliphatic heterocycles. The van der Waals surface area contributed by atoms with Gasteiger partial charge in [0.25, 0.3) is 0 Å². The Hall–Kier alpha value is -4.83. The monoisotopic (exact) mass is 1420 g/mol. The average Bonchev–Trinajstić information content (AvgIpc) is 2.96. The number of aliphatic hydroxyl groups excluding tert-OH is 2. The van der Waals surface area contributed by atoms with Crippen LogP contribution in [-0.4, -0.2) is 95.9 Å². The van der Waals surface area contributed by atoms with Gasteiger partial charge in [-0.3, -0.25) is 32.5 Å². The Kier molecular flexibility index (Phi) is 69.4. The van der Waals surface area contributed by atoms with E-state index in [0.29, 0.717) is 25.7 Å². The van der Waals surface area contributed by atoms with E-state index in [1.165, 1.54) is 77.0 Å². The molecule has 0 radical (unpaired) electrons. The standard InChI is InChI=1S/C81H134O16P2/c1-4-7-10-13-16-19-22-25-28-30-31-32-33-34-35-36-37-38-39-40-41-42-43-45-48-49-52-55-58-61-64-67-79(84)91-70-76(82)71-93-98(87,88)94-72-77(83)73-95-99(89,90)96-75-78(97-81(86)69-66-63-60-57-54-51-46-27-24-21-18-15-12-9-6-3)74-92-80(85)68-65-62-59-56-53-50-47-44-29-26-23-20-17-14-11-8-5-2/h7-12,16-21,25-29,31-32,34-35,46-47,50,56,59,76-78,82-83H,4-6,13-15,22-24,30,33,36-45,48-49,51-55,57-58,60-75H2,1-3H3,(H,87,88)(H,89,90)/b10-7-,11-8-,12-9-,19-16-,20-17-,21-18-,28-25-,29-26-,32-31-,35-34-,46-27-,50-47-,59-56-. The molecule has 0 aromatic rings. The molecule has 5 atom stereocenters. The van der Waals surface area contributed by atoms with Crippen molar-refractivity contribution in [3.63, 3.8) is 0 Å². The Morgan fingerprint density at radius 3 is 0.838 bits per heavy atom. The van der Waals surface area contributed by atoms with E-state index in [0.717, 1.165) is 135 Å². The summed E-state index contributed by atoms with van der Waals surface area (Å²) in [4.78, 5) is 58.5. The van der Waals surface area contributed by atoms with Gasteiger partial charge in [0.05, 0.1) is 26.4 Å². The third kappa shape index (κ3) is 74.2. The maximum absolute atomic E-state index is 12.9. The van der Waals surface area contributed by atoms with E-state index < -0.39 is 91.5 Å². The normalized spacial score (nSPS) is 14.9. The first-order chi connectivity index (χ1) is 48.2. The largest absolute Gasteiger partial charge is 0.472 e. The van der Waals surface area contributed by atoms with Gasteiger partial charge in [-0.2, -0.15) is 0 Å². The van der Waals surface area contributed by atoms with E-state index in [1.54, 1.807) is 0 Å². The quantitative estimate of drug-likeness (QED) is 0.0146. The molecule has 0 saturated heterocycles. The van der Waals surface area contributed by atoms with Gasteiger partial charge in [0.1, 0.15) is 25.4 Å². The number of unbranched alkanes of at least 4 members (excludes halogenated alkanes) is 21. The summed E-state index contributed by atoms with van der Waals surface area (Å²) >= 11 is 0. The van der Waals surface area contributed by atoms with E-state index in [-0.39, 0.29) is 19.3 Å². The van der Waals surface area contributed by atoms with E-state index >= 15 is 0 Å². The molecule has 5 unspecified atom stereocenters. The summed E-state index contributed by atoms with van der Waals surface area (Å²) in [5, 5.41) is 20.6. The van der Waals surface area contributed by atoms with Crippen LogP contribution in [0.5, 0.6) is 0 Å². The Balaban J connectivity index is 4.51. The number of carbonyl (C=O) groups is 3. The van der Waals surface area contributed by atoms with Gasteiger partial charge in [0.15, 0.2) is 6.10 Å². The molecule has 0 rings (SSSR count). The zero-order valence-electron chi connectivity index (χ0n) is 61.4. The highest BCUT2D eigenvalue weighted by Gasteiger charge is 2.29. The van der Waals surface area contributed by atoms with Crippen LogP contribution in [0.4, 0.5) is 0 Å². The van der Waals surface area contributed by atoms with Gasteiger partial charge < -0.3 is 34.2 Å². The van der Waals surface area contributed by atoms with Crippen LogP contribution in [0.1, 0.15) is 278 Å². The topological polar surface area (TPSA) is 231 Å². The molecule has 0 spiro atoms. The molecule has 0 fully saturated rings. The highest BCUT2D eigenvalue weighted by molar-refractivity contribution is 7.47. The van der Waals surface area contributed by atoms with E-state index in [2.05, 4.69) is 167 Å². The Labute approximate surface area is 600 Å². The van der Waals surface area contributed by atoms with Gasteiger partial charge in [-0.05, 0) is 135 Å². The fourth-order valence-electron chi connectivity index (χ4n) is 9.59. The molecule has 4 N–H and O–H groups in total. The van der Waals surface area contributed by atoms with Crippen LogP contribution in [0.15, 0.2) is 158 Å². The Bertz CT molecular complexity index is 2430. The molecule has 0 aliphatic carbocycles. The Morgan fingerprint density at radius 1 is 0.283 bits per heavy atom. The number of phosphoric acid groups is 2. The first-order valence-electron chi connectivity index (χ1n) is 37.8. The minimum Gasteiger partial charge on any atom is -0.463 e. The number of hydrogen-bond donors (Lipinski definition) is 4. The third-order valence-corrected chi connectivity index (χ3v) is 17.1. The molecule has 0 aromatic carbocycles. The fourth-order valence-corrected chi connectivity index (χ4v) is 11.2. The molecule has 0 heterocycles. The van der Waals surface area contributed by atoms with Crippen molar-refractivity contribution >= 4 is 33.6 Å². The zero-order valence-corrected chi connectivity index (χ0v) is 63.1. The molecule has 0 saturated carbocycles. The van der Waals surface area contributed by atoms with Gasteiger partial charge in [0.2, 0.25) is 0 Å². The number of allylic oxidation sites excluding steroid dienone is 26. The van der Waals surface area contributed by atoms with Crippen molar-refractivity contribution in [3.05, 3.63) is 158 Å². The molecule has 18 heteroatoms. The van der Waals surface area contributed by atoms with Crippen molar-refractivity contribution in [1.29, 1.82) is 0 Å². The average molecular weight is 1430 g/mol. The molecule has 564 valence electrons. The molecule has 0 aromatic heterocycles. The first kappa shape index (κ1) is 94.2. The number of hydrogen-bond acceptors (Lipinski definition) is 14. The van der Waals surface area contributed by atoms with Crippen LogP contribution >= 0.6 is 15.6 Å². The highest BCUT2D eigenvalue weighted by Crippen LogP contribution is 2.45. The molecule has 99 heavy (non-hydrogen) atoms. The van der Waals surface area contributed by atoms with Crippen molar-refractivity contribution < 1.29 is 75.8 Å². The minimum absolute atomic E-state index is 0.0682. The van der Waals surface area contributed by atoms with Crippen molar-refractivity contribution in [2.45, 2.75) is 296 Å². The Morgan fingerprint density at radius 2 is 0.515 bits per heavy atom. The van der Waals surface area contributed by atoms with Gasteiger partial charge >= 0.3 is 33.6 Å².